The minimum Gasteiger partial charge on any atom is -0.485 e. The Morgan fingerprint density at radius 3 is 2.68 bits per heavy atom. The highest BCUT2D eigenvalue weighted by Crippen LogP contribution is 2.30. The van der Waals surface area contributed by atoms with Gasteiger partial charge in [0, 0.05) is 0 Å². The summed E-state index contributed by atoms with van der Waals surface area (Å²) in [6, 6.07) is 12.9. The van der Waals surface area contributed by atoms with Crippen LogP contribution in [0.25, 0.3) is 0 Å². The third-order valence-electron chi connectivity index (χ3n) is 3.06. The highest BCUT2D eigenvalue weighted by Gasteiger charge is 2.26. The summed E-state index contributed by atoms with van der Waals surface area (Å²) in [5, 5.41) is 3.82. The number of ether oxygens (including phenoxy) is 2. The average Bonchev–Trinajstić information content (AvgIpc) is 2.56. The van der Waals surface area contributed by atoms with Crippen LogP contribution in [0.1, 0.15) is 5.56 Å². The van der Waals surface area contributed by atoms with Crippen molar-refractivity contribution >= 4 is 12.1 Å². The van der Waals surface area contributed by atoms with E-state index in [0.717, 1.165) is 0 Å². The van der Waals surface area contributed by atoms with Gasteiger partial charge in [-0.1, -0.05) is 24.3 Å². The minimum atomic E-state index is -0.764. The summed E-state index contributed by atoms with van der Waals surface area (Å²) in [6.07, 6.45) is 0.662. The molecule has 0 aromatic heterocycles. The van der Waals surface area contributed by atoms with Gasteiger partial charge in [-0.2, -0.15) is 5.10 Å². The molecular formula is C16H13FN2O3. The van der Waals surface area contributed by atoms with Crippen LogP contribution in [0.5, 0.6) is 11.5 Å². The quantitative estimate of drug-likeness (QED) is 0.697. The van der Waals surface area contributed by atoms with Crippen LogP contribution in [0.2, 0.25) is 0 Å². The normalized spacial score (nSPS) is 16.5. The van der Waals surface area contributed by atoms with Gasteiger partial charge in [0.2, 0.25) is 6.10 Å². The van der Waals surface area contributed by atoms with Crippen molar-refractivity contribution in [2.75, 3.05) is 6.61 Å². The molecule has 1 heterocycles. The molecule has 112 valence electrons. The summed E-state index contributed by atoms with van der Waals surface area (Å²) in [7, 11) is 0. The maximum Gasteiger partial charge on any atom is 0.284 e. The molecule has 2 aromatic carbocycles. The van der Waals surface area contributed by atoms with Gasteiger partial charge < -0.3 is 9.47 Å². The van der Waals surface area contributed by atoms with Gasteiger partial charge in [-0.3, -0.25) is 4.79 Å². The van der Waals surface area contributed by atoms with Gasteiger partial charge in [-0.25, -0.2) is 9.82 Å². The second-order valence-corrected chi connectivity index (χ2v) is 4.65. The van der Waals surface area contributed by atoms with Gasteiger partial charge in [-0.05, 0) is 29.8 Å². The monoisotopic (exact) mass is 300 g/mol. The van der Waals surface area contributed by atoms with Gasteiger partial charge in [0.25, 0.3) is 5.91 Å². The molecule has 22 heavy (non-hydrogen) atoms. The maximum atomic E-state index is 12.8. The zero-order chi connectivity index (χ0) is 15.4. The number of amides is 1. The number of carbonyl (C=O) groups is 1. The number of benzene rings is 2. The number of hydrogen-bond acceptors (Lipinski definition) is 4. The number of nitrogens with zero attached hydrogens (tertiary/aromatic N) is 1. The molecule has 0 radical (unpaired) electrons. The Labute approximate surface area is 126 Å². The van der Waals surface area contributed by atoms with E-state index in [-0.39, 0.29) is 12.4 Å². The zero-order valence-corrected chi connectivity index (χ0v) is 11.5. The van der Waals surface area contributed by atoms with Crippen LogP contribution in [-0.4, -0.2) is 24.8 Å². The van der Waals surface area contributed by atoms with E-state index in [0.29, 0.717) is 17.1 Å². The second kappa shape index (κ2) is 6.26. The summed E-state index contributed by atoms with van der Waals surface area (Å²) >= 11 is 0. The lowest BCUT2D eigenvalue weighted by molar-refractivity contribution is -0.130. The second-order valence-electron chi connectivity index (χ2n) is 4.65. The van der Waals surface area contributed by atoms with Crippen LogP contribution in [-0.2, 0) is 4.79 Å². The van der Waals surface area contributed by atoms with Crippen LogP contribution >= 0.6 is 0 Å². The Bertz CT molecular complexity index is 701. The Morgan fingerprint density at radius 2 is 1.91 bits per heavy atom. The van der Waals surface area contributed by atoms with E-state index >= 15 is 0 Å². The Hall–Kier alpha value is -2.89. The molecule has 0 bridgehead atoms. The van der Waals surface area contributed by atoms with E-state index in [4.69, 9.17) is 9.47 Å². The van der Waals surface area contributed by atoms with Gasteiger partial charge >= 0.3 is 0 Å². The summed E-state index contributed by atoms with van der Waals surface area (Å²) in [5.41, 5.74) is 3.05. The lowest BCUT2D eigenvalue weighted by Gasteiger charge is -2.24. The summed E-state index contributed by atoms with van der Waals surface area (Å²) in [6.45, 7) is 0.120. The molecule has 0 saturated carbocycles. The lowest BCUT2D eigenvalue weighted by atomic mass is 10.2. The van der Waals surface area contributed by atoms with Gasteiger partial charge in [-0.15, -0.1) is 0 Å². The first-order valence-corrected chi connectivity index (χ1v) is 6.69. The van der Waals surface area contributed by atoms with Crippen LogP contribution < -0.4 is 14.9 Å². The number of hydrogen-bond donors (Lipinski definition) is 1. The van der Waals surface area contributed by atoms with E-state index < -0.39 is 12.0 Å². The van der Waals surface area contributed by atoms with Crippen LogP contribution in [0, 0.1) is 5.82 Å². The fraction of sp³-hybridized carbons (Fsp3) is 0.125. The molecule has 1 aliphatic rings. The smallest absolute Gasteiger partial charge is 0.284 e. The van der Waals surface area contributed by atoms with Crippen molar-refractivity contribution in [2.45, 2.75) is 6.10 Å². The third-order valence-corrected chi connectivity index (χ3v) is 3.06. The third kappa shape index (κ3) is 3.22. The van der Waals surface area contributed by atoms with Gasteiger partial charge in [0.05, 0.1) is 6.21 Å². The van der Waals surface area contributed by atoms with Crippen molar-refractivity contribution in [3.8, 4) is 11.5 Å². The fourth-order valence-corrected chi connectivity index (χ4v) is 1.94. The topological polar surface area (TPSA) is 59.9 Å². The number of nitrogens with one attached hydrogen (secondary N) is 1. The van der Waals surface area contributed by atoms with E-state index in [2.05, 4.69) is 10.5 Å². The molecule has 1 atom stereocenters. The Morgan fingerprint density at radius 1 is 1.18 bits per heavy atom. The van der Waals surface area contributed by atoms with Crippen molar-refractivity contribution in [1.82, 2.24) is 5.43 Å². The van der Waals surface area contributed by atoms with Crippen molar-refractivity contribution in [3.05, 3.63) is 59.9 Å². The number of carbonyl (C=O) groups excluding carboxylic acids is 1. The molecule has 0 spiro atoms. The molecule has 0 aliphatic carbocycles. The molecule has 2 aromatic rings. The molecule has 1 aliphatic heterocycles. The van der Waals surface area contributed by atoms with Crippen molar-refractivity contribution in [3.63, 3.8) is 0 Å². The number of rotatable bonds is 3. The molecule has 0 saturated heterocycles. The Balaban J connectivity index is 1.58. The van der Waals surface area contributed by atoms with Crippen LogP contribution in [0.4, 0.5) is 4.39 Å². The first-order valence-electron chi connectivity index (χ1n) is 6.69. The Kier molecular flexibility index (Phi) is 4.00. The predicted molar refractivity (Wildman–Crippen MR) is 78.5 cm³/mol. The van der Waals surface area contributed by atoms with Crippen molar-refractivity contribution in [2.24, 2.45) is 5.10 Å². The summed E-state index contributed by atoms with van der Waals surface area (Å²) in [4.78, 5) is 12.0. The SMILES string of the molecule is O=C(NN=Cc1ccc(F)cc1)C1COc2ccccc2O1. The lowest BCUT2D eigenvalue weighted by Crippen LogP contribution is -2.42. The number of fused-ring (bicyclic) bond motifs is 1. The molecule has 1 N–H and O–H groups in total. The molecule has 5 nitrogen and oxygen atoms in total. The van der Waals surface area contributed by atoms with Crippen molar-refractivity contribution in [1.29, 1.82) is 0 Å². The largest absolute Gasteiger partial charge is 0.485 e. The zero-order valence-electron chi connectivity index (χ0n) is 11.5. The van der Waals surface area contributed by atoms with E-state index in [1.165, 1.54) is 18.3 Å². The standard InChI is InChI=1S/C16H13FN2O3/c17-12-7-5-11(6-8-12)9-18-19-16(20)15-10-21-13-3-1-2-4-14(13)22-15/h1-9,15H,10H2,(H,19,20). The molecule has 3 rings (SSSR count). The molecule has 0 fully saturated rings. The van der Waals surface area contributed by atoms with Crippen LogP contribution in [0.3, 0.4) is 0 Å². The minimum absolute atomic E-state index is 0.120. The predicted octanol–water partition coefficient (Wildman–Crippen LogP) is 2.12. The van der Waals surface area contributed by atoms with Gasteiger partial charge in [0.1, 0.15) is 12.4 Å². The van der Waals surface area contributed by atoms with E-state index in [1.807, 2.05) is 6.07 Å². The number of para-hydroxylation sites is 2. The van der Waals surface area contributed by atoms with Gasteiger partial charge in [0.15, 0.2) is 11.5 Å². The fourth-order valence-electron chi connectivity index (χ4n) is 1.94. The first-order chi connectivity index (χ1) is 10.7. The summed E-state index contributed by atoms with van der Waals surface area (Å²) < 4.78 is 23.8. The molecule has 1 unspecified atom stereocenters. The summed E-state index contributed by atoms with van der Waals surface area (Å²) in [5.74, 6) is 0.401. The highest BCUT2D eigenvalue weighted by atomic mass is 19.1. The van der Waals surface area contributed by atoms with E-state index in [9.17, 15) is 9.18 Å². The number of halogens is 1. The molecule has 6 heteroatoms. The van der Waals surface area contributed by atoms with Crippen molar-refractivity contribution < 1.29 is 18.7 Å². The first kappa shape index (κ1) is 14.1. The maximum absolute atomic E-state index is 12.8. The molecular weight excluding hydrogens is 287 g/mol. The highest BCUT2D eigenvalue weighted by molar-refractivity contribution is 5.84. The number of hydrazone groups is 1. The average molecular weight is 300 g/mol. The van der Waals surface area contributed by atoms with Crippen LogP contribution in [0.15, 0.2) is 53.6 Å². The molecule has 1 amide bonds. The van der Waals surface area contributed by atoms with E-state index in [1.54, 1.807) is 30.3 Å².